The Kier molecular flexibility index (Phi) is 5.64. The number of hydroxylamine groups is 1. The summed E-state index contributed by atoms with van der Waals surface area (Å²) in [6, 6.07) is 15.2. The van der Waals surface area contributed by atoms with E-state index in [-0.39, 0.29) is 0 Å². The van der Waals surface area contributed by atoms with Gasteiger partial charge in [0.05, 0.1) is 0 Å². The summed E-state index contributed by atoms with van der Waals surface area (Å²) >= 11 is 0. The van der Waals surface area contributed by atoms with Crippen LogP contribution in [-0.4, -0.2) is 17.7 Å². The number of amides is 1. The summed E-state index contributed by atoms with van der Waals surface area (Å²) in [5, 5.41) is 12.2. The summed E-state index contributed by atoms with van der Waals surface area (Å²) in [5.74, 6) is -0.517. The van der Waals surface area contributed by atoms with Gasteiger partial charge < -0.3 is 5.32 Å². The van der Waals surface area contributed by atoms with Crippen LogP contribution < -0.4 is 10.8 Å². The Morgan fingerprint density at radius 2 is 2.12 bits per heavy atom. The fourth-order valence-electron chi connectivity index (χ4n) is 3.43. The number of carbonyl (C=O) groups excluding carboxylic acids is 1. The largest absolute Gasteiger partial charge is 0.310 e. The van der Waals surface area contributed by atoms with Crippen molar-refractivity contribution in [2.24, 2.45) is 0 Å². The van der Waals surface area contributed by atoms with E-state index < -0.39 is 5.91 Å². The molecule has 1 aliphatic rings. The average molecular weight is 336 g/mol. The zero-order chi connectivity index (χ0) is 17.6. The van der Waals surface area contributed by atoms with Gasteiger partial charge in [-0.1, -0.05) is 42.5 Å². The van der Waals surface area contributed by atoms with Gasteiger partial charge in [0.15, 0.2) is 0 Å². The molecule has 0 spiro atoms. The molecule has 1 amide bonds. The molecular weight excluding hydrogens is 312 g/mol. The van der Waals surface area contributed by atoms with Gasteiger partial charge in [-0.2, -0.15) is 0 Å². The molecule has 0 bridgehead atoms. The number of nitrogens with one attached hydrogen (secondary N) is 2. The molecule has 1 atom stereocenters. The lowest BCUT2D eigenvalue weighted by atomic mass is 10.0. The number of carbonyl (C=O) groups is 1. The first-order valence-corrected chi connectivity index (χ1v) is 8.70. The van der Waals surface area contributed by atoms with Crippen molar-refractivity contribution in [1.82, 2.24) is 10.8 Å². The van der Waals surface area contributed by atoms with Crippen molar-refractivity contribution in [3.05, 3.63) is 76.4 Å². The van der Waals surface area contributed by atoms with Crippen molar-refractivity contribution in [3.63, 3.8) is 0 Å². The number of fused-ring (bicyclic) bond motifs is 1. The Morgan fingerprint density at radius 3 is 2.92 bits per heavy atom. The summed E-state index contributed by atoms with van der Waals surface area (Å²) in [7, 11) is 0. The van der Waals surface area contributed by atoms with Gasteiger partial charge in [-0.15, -0.1) is 0 Å². The Morgan fingerprint density at radius 1 is 1.28 bits per heavy atom. The molecule has 1 aliphatic carbocycles. The lowest BCUT2D eigenvalue weighted by Crippen LogP contribution is -2.22. The first-order chi connectivity index (χ1) is 12.2. The van der Waals surface area contributed by atoms with E-state index in [1.54, 1.807) is 11.6 Å². The highest BCUT2D eigenvalue weighted by Crippen LogP contribution is 2.32. The second kappa shape index (κ2) is 8.10. The standard InChI is InChI=1S/C21H24N2O2/c1-15-4-2-3-5-17(15)12-13-22-20-10-8-18-14-16(6-9-19(18)20)7-11-21(24)23-25/h2-7,9,11,14,20,22,25H,8,10,12-13H2,1H3,(H,23,24). The molecule has 0 saturated heterocycles. The summed E-state index contributed by atoms with van der Waals surface area (Å²) in [5.41, 5.74) is 8.01. The Hall–Kier alpha value is -2.43. The van der Waals surface area contributed by atoms with Crippen LogP contribution in [0.5, 0.6) is 0 Å². The summed E-state index contributed by atoms with van der Waals surface area (Å²) in [6.07, 6.45) is 6.23. The van der Waals surface area contributed by atoms with Crippen LogP contribution in [0.2, 0.25) is 0 Å². The molecule has 0 saturated carbocycles. The van der Waals surface area contributed by atoms with Gasteiger partial charge in [0.1, 0.15) is 0 Å². The van der Waals surface area contributed by atoms with Crippen molar-refractivity contribution in [1.29, 1.82) is 0 Å². The molecule has 25 heavy (non-hydrogen) atoms. The van der Waals surface area contributed by atoms with E-state index in [1.165, 1.54) is 28.3 Å². The van der Waals surface area contributed by atoms with Gasteiger partial charge in [-0.05, 0) is 66.6 Å². The first-order valence-electron chi connectivity index (χ1n) is 8.70. The minimum Gasteiger partial charge on any atom is -0.310 e. The van der Waals surface area contributed by atoms with Crippen LogP contribution in [0.3, 0.4) is 0 Å². The molecule has 0 radical (unpaired) electrons. The highest BCUT2D eigenvalue weighted by atomic mass is 16.5. The van der Waals surface area contributed by atoms with Crippen LogP contribution >= 0.6 is 0 Å². The molecule has 2 aromatic carbocycles. The molecule has 0 aromatic heterocycles. The predicted octanol–water partition coefficient (Wildman–Crippen LogP) is 3.33. The Labute approximate surface area is 148 Å². The van der Waals surface area contributed by atoms with Gasteiger partial charge in [0.2, 0.25) is 0 Å². The van der Waals surface area contributed by atoms with E-state index in [0.717, 1.165) is 31.4 Å². The van der Waals surface area contributed by atoms with Crippen LogP contribution in [0.4, 0.5) is 0 Å². The van der Waals surface area contributed by atoms with Gasteiger partial charge in [-0.25, -0.2) is 5.48 Å². The topological polar surface area (TPSA) is 61.4 Å². The molecule has 3 rings (SSSR count). The number of benzene rings is 2. The molecule has 130 valence electrons. The molecule has 2 aromatic rings. The Balaban J connectivity index is 1.59. The third kappa shape index (κ3) is 4.35. The fourth-order valence-corrected chi connectivity index (χ4v) is 3.43. The fraction of sp³-hybridized carbons (Fsp3) is 0.286. The predicted molar refractivity (Wildman–Crippen MR) is 99.4 cm³/mol. The third-order valence-electron chi connectivity index (χ3n) is 4.83. The molecule has 3 N–H and O–H groups in total. The molecule has 0 heterocycles. The maximum Gasteiger partial charge on any atom is 0.267 e. The lowest BCUT2D eigenvalue weighted by molar-refractivity contribution is -0.124. The van der Waals surface area contributed by atoms with E-state index in [1.807, 2.05) is 6.07 Å². The summed E-state index contributed by atoms with van der Waals surface area (Å²) < 4.78 is 0. The maximum atomic E-state index is 11.1. The van der Waals surface area contributed by atoms with Crippen molar-refractivity contribution in [2.45, 2.75) is 32.2 Å². The van der Waals surface area contributed by atoms with Crippen LogP contribution in [0.15, 0.2) is 48.5 Å². The van der Waals surface area contributed by atoms with Crippen molar-refractivity contribution < 1.29 is 10.0 Å². The van der Waals surface area contributed by atoms with E-state index in [2.05, 4.69) is 48.6 Å². The highest BCUT2D eigenvalue weighted by Gasteiger charge is 2.21. The number of rotatable bonds is 6. The number of hydrogen-bond acceptors (Lipinski definition) is 3. The molecule has 4 nitrogen and oxygen atoms in total. The average Bonchev–Trinajstić information content (AvgIpc) is 3.03. The monoisotopic (exact) mass is 336 g/mol. The van der Waals surface area contributed by atoms with Crippen molar-refractivity contribution in [2.75, 3.05) is 6.54 Å². The zero-order valence-corrected chi connectivity index (χ0v) is 14.5. The molecule has 0 aliphatic heterocycles. The summed E-state index contributed by atoms with van der Waals surface area (Å²) in [4.78, 5) is 11.1. The van der Waals surface area contributed by atoms with Crippen LogP contribution in [0.1, 0.15) is 40.3 Å². The van der Waals surface area contributed by atoms with Crippen LogP contribution in [-0.2, 0) is 17.6 Å². The maximum absolute atomic E-state index is 11.1. The molecule has 0 fully saturated rings. The van der Waals surface area contributed by atoms with E-state index >= 15 is 0 Å². The second-order valence-electron chi connectivity index (χ2n) is 6.49. The van der Waals surface area contributed by atoms with Crippen LogP contribution in [0, 0.1) is 6.92 Å². The SMILES string of the molecule is Cc1ccccc1CCNC1CCc2cc(C=CC(=O)NO)ccc21. The molecule has 4 heteroatoms. The highest BCUT2D eigenvalue weighted by molar-refractivity contribution is 5.90. The quantitative estimate of drug-likeness (QED) is 0.431. The minimum absolute atomic E-state index is 0.401. The Bertz CT molecular complexity index is 783. The van der Waals surface area contributed by atoms with Crippen molar-refractivity contribution in [3.8, 4) is 0 Å². The lowest BCUT2D eigenvalue weighted by Gasteiger charge is -2.15. The van der Waals surface area contributed by atoms with Gasteiger partial charge in [-0.3, -0.25) is 10.0 Å². The first kappa shape index (κ1) is 17.4. The smallest absolute Gasteiger partial charge is 0.267 e. The van der Waals surface area contributed by atoms with E-state index in [0.29, 0.717) is 6.04 Å². The second-order valence-corrected chi connectivity index (χ2v) is 6.49. The normalized spacial score (nSPS) is 16.2. The number of aryl methyl sites for hydroxylation is 2. The summed E-state index contributed by atoms with van der Waals surface area (Å²) in [6.45, 7) is 3.12. The zero-order valence-electron chi connectivity index (χ0n) is 14.5. The minimum atomic E-state index is -0.517. The van der Waals surface area contributed by atoms with E-state index in [9.17, 15) is 4.79 Å². The third-order valence-corrected chi connectivity index (χ3v) is 4.83. The van der Waals surface area contributed by atoms with Gasteiger partial charge >= 0.3 is 0 Å². The number of hydrogen-bond donors (Lipinski definition) is 3. The van der Waals surface area contributed by atoms with Gasteiger partial charge in [0, 0.05) is 12.1 Å². The molecule has 1 unspecified atom stereocenters. The molecular formula is C21H24N2O2. The van der Waals surface area contributed by atoms with Gasteiger partial charge in [0.25, 0.3) is 5.91 Å². The van der Waals surface area contributed by atoms with E-state index in [4.69, 9.17) is 5.21 Å². The van der Waals surface area contributed by atoms with Crippen molar-refractivity contribution >= 4 is 12.0 Å². The van der Waals surface area contributed by atoms with Crippen LogP contribution in [0.25, 0.3) is 6.08 Å².